The Hall–Kier alpha value is 1.79. The lowest BCUT2D eigenvalue weighted by atomic mass is 10.4. The van der Waals surface area contributed by atoms with Gasteiger partial charge in [-0.3, -0.25) is 0 Å². The van der Waals surface area contributed by atoms with Crippen molar-refractivity contribution >= 4 is 103 Å². The van der Waals surface area contributed by atoms with E-state index in [0.29, 0.717) is 0 Å². The van der Waals surface area contributed by atoms with Crippen molar-refractivity contribution in [3.8, 4) is 0 Å². The summed E-state index contributed by atoms with van der Waals surface area (Å²) in [6.07, 6.45) is 0. The minimum atomic E-state index is -1.50. The van der Waals surface area contributed by atoms with Crippen LogP contribution in [-0.4, -0.2) is 5.17 Å². The van der Waals surface area contributed by atoms with Crippen LogP contribution < -0.4 is 10.4 Å². The lowest BCUT2D eigenvalue weighted by Gasteiger charge is -2.31. The van der Waals surface area contributed by atoms with Gasteiger partial charge in [0, 0.05) is 0 Å². The van der Waals surface area contributed by atoms with Gasteiger partial charge in [0.15, 0.2) is 0 Å². The minimum Gasteiger partial charge on any atom is -0.0998 e. The van der Waals surface area contributed by atoms with Crippen LogP contribution in [0.5, 0.6) is 0 Å². The average Bonchev–Trinajstić information content (AvgIpc) is 2.40. The molecule has 0 unspecified atom stereocenters. The van der Waals surface area contributed by atoms with Crippen molar-refractivity contribution in [3.05, 3.63) is 60.7 Å². The molecule has 0 nitrogen and oxygen atoms in total. The molecule has 0 N–H and O–H groups in total. The molecule has 0 spiro atoms. The Morgan fingerprint density at radius 3 is 1.06 bits per heavy atom. The Morgan fingerprint density at radius 1 is 0.500 bits per heavy atom. The fourth-order valence-electron chi connectivity index (χ4n) is 1.66. The normalized spacial score (nSPS) is 12.4. The molecule has 0 bridgehead atoms. The molecule has 6 heteroatoms. The lowest BCUT2D eigenvalue weighted by Crippen LogP contribution is -2.61. The molecule has 18 heavy (non-hydrogen) atoms. The van der Waals surface area contributed by atoms with Crippen molar-refractivity contribution in [2.75, 3.05) is 0 Å². The summed E-state index contributed by atoms with van der Waals surface area (Å²) in [4.78, 5) is 0. The summed E-state index contributed by atoms with van der Waals surface area (Å²) in [6.45, 7) is 0. The van der Waals surface area contributed by atoms with Crippen LogP contribution in [0.2, 0.25) is 0 Å². The summed E-state index contributed by atoms with van der Waals surface area (Å²) < 4.78 is -2.99. The van der Waals surface area contributed by atoms with Crippen molar-refractivity contribution in [2.24, 2.45) is 0 Å². The highest BCUT2D eigenvalue weighted by atomic mass is 127. The highest BCUT2D eigenvalue weighted by molar-refractivity contribution is 14.3. The Morgan fingerprint density at radius 2 is 0.778 bits per heavy atom. The van der Waals surface area contributed by atoms with Gasteiger partial charge in [0.2, 0.25) is 5.17 Å². The van der Waals surface area contributed by atoms with Crippen molar-refractivity contribution < 1.29 is 0 Å². The van der Waals surface area contributed by atoms with E-state index in [-0.39, 0.29) is 0 Å². The standard InChI is InChI=1S/C12H10I4Si2/c13-17(14,11-7-3-1-4-8-11)18(15,16)12-9-5-2-6-10-12/h1-10H. The first-order valence-electron chi connectivity index (χ1n) is 5.33. The predicted molar refractivity (Wildman–Crippen MR) is 120 cm³/mol. The molecule has 0 aliphatic heterocycles. The Balaban J connectivity index is 2.47. The molecule has 2 rings (SSSR count). The topological polar surface area (TPSA) is 0 Å². The first-order valence-corrected chi connectivity index (χ1v) is 22.8. The van der Waals surface area contributed by atoms with Gasteiger partial charge in [0.1, 0.15) is 0 Å². The van der Waals surface area contributed by atoms with Gasteiger partial charge >= 0.3 is 0 Å². The molecular formula is C12H10I4Si2. The Bertz CT molecular complexity index is 465. The maximum absolute atomic E-state index is 2.76. The molecule has 2 aromatic carbocycles. The maximum atomic E-state index is 2.76. The number of hydrogen-bond donors (Lipinski definition) is 0. The smallest absolute Gasteiger partial charge is 0.0998 e. The number of benzene rings is 2. The van der Waals surface area contributed by atoms with Crippen molar-refractivity contribution in [2.45, 2.75) is 0 Å². The maximum Gasteiger partial charge on any atom is 0.238 e. The van der Waals surface area contributed by atoms with Crippen molar-refractivity contribution in [1.82, 2.24) is 0 Å². The lowest BCUT2D eigenvalue weighted by molar-refractivity contribution is 1.76. The zero-order valence-corrected chi connectivity index (χ0v) is 19.9. The van der Waals surface area contributed by atoms with Crippen LogP contribution in [0, 0.1) is 0 Å². The fourth-order valence-corrected chi connectivity index (χ4v) is 22.3. The Kier molecular flexibility index (Phi) is 6.02. The van der Waals surface area contributed by atoms with Crippen LogP contribution >= 0.6 is 87.2 Å². The molecule has 0 fully saturated rings. The Labute approximate surface area is 160 Å². The first-order chi connectivity index (χ1) is 8.46. The number of hydrogen-bond acceptors (Lipinski definition) is 0. The molecule has 0 aliphatic rings. The third-order valence-corrected chi connectivity index (χ3v) is 83.4. The quantitative estimate of drug-likeness (QED) is 0.250. The van der Waals surface area contributed by atoms with Crippen LogP contribution in [-0.2, 0) is 0 Å². The van der Waals surface area contributed by atoms with E-state index in [9.17, 15) is 0 Å². The molecular weight excluding hydrogens is 708 g/mol. The minimum absolute atomic E-state index is 1.50. The zero-order valence-electron chi connectivity index (χ0n) is 9.29. The summed E-state index contributed by atoms with van der Waals surface area (Å²) in [6, 6.07) is 22.1. The molecule has 0 atom stereocenters. The highest BCUT2D eigenvalue weighted by Gasteiger charge is 2.52. The van der Waals surface area contributed by atoms with E-state index in [2.05, 4.69) is 148 Å². The largest absolute Gasteiger partial charge is 0.238 e. The van der Waals surface area contributed by atoms with E-state index < -0.39 is 5.17 Å². The third-order valence-electron chi connectivity index (χ3n) is 2.67. The summed E-state index contributed by atoms with van der Waals surface area (Å²) in [5.41, 5.74) is 0. The van der Waals surface area contributed by atoms with E-state index in [4.69, 9.17) is 0 Å². The van der Waals surface area contributed by atoms with E-state index in [1.54, 1.807) is 10.4 Å². The van der Waals surface area contributed by atoms with Gasteiger partial charge < -0.3 is 0 Å². The van der Waals surface area contributed by atoms with Crippen LogP contribution in [0.1, 0.15) is 0 Å². The van der Waals surface area contributed by atoms with Gasteiger partial charge in [-0.05, 0) is 10.4 Å². The summed E-state index contributed by atoms with van der Waals surface area (Å²) in [7, 11) is 0. The summed E-state index contributed by atoms with van der Waals surface area (Å²) >= 11 is 11.0. The molecule has 0 saturated heterocycles. The molecule has 94 valence electrons. The molecule has 0 radical (unpaired) electrons. The van der Waals surface area contributed by atoms with Crippen molar-refractivity contribution in [1.29, 1.82) is 0 Å². The number of halogens is 4. The van der Waals surface area contributed by atoms with Gasteiger partial charge in [-0.25, -0.2) is 0 Å². The molecule has 0 aromatic heterocycles. The predicted octanol–water partition coefficient (Wildman–Crippen LogP) is 4.50. The highest BCUT2D eigenvalue weighted by Crippen LogP contribution is 2.40. The van der Waals surface area contributed by atoms with Gasteiger partial charge in [-0.15, -0.1) is 0 Å². The van der Waals surface area contributed by atoms with Crippen LogP contribution in [0.25, 0.3) is 0 Å². The van der Waals surface area contributed by atoms with E-state index in [1.807, 2.05) is 0 Å². The second-order valence-corrected chi connectivity index (χ2v) is 55.8. The van der Waals surface area contributed by atoms with E-state index >= 15 is 0 Å². The van der Waals surface area contributed by atoms with Gasteiger partial charge in [-0.2, -0.15) is 0 Å². The van der Waals surface area contributed by atoms with Crippen molar-refractivity contribution in [3.63, 3.8) is 0 Å². The SMILES string of the molecule is I[Si](I)(c1ccccc1)[Si](I)(I)c1ccccc1. The van der Waals surface area contributed by atoms with E-state index in [0.717, 1.165) is 0 Å². The zero-order chi connectivity index (χ0) is 13.2. The van der Waals surface area contributed by atoms with E-state index in [1.165, 1.54) is 0 Å². The average molecular weight is 718 g/mol. The van der Waals surface area contributed by atoms with Crippen LogP contribution in [0.3, 0.4) is 0 Å². The molecule has 0 heterocycles. The monoisotopic (exact) mass is 718 g/mol. The molecule has 0 saturated carbocycles. The fraction of sp³-hybridized carbons (Fsp3) is 0. The molecule has 0 aliphatic carbocycles. The van der Waals surface area contributed by atoms with Gasteiger partial charge in [-0.1, -0.05) is 148 Å². The summed E-state index contributed by atoms with van der Waals surface area (Å²) in [5, 5.41) is 3.09. The van der Waals surface area contributed by atoms with Gasteiger partial charge in [0.25, 0.3) is 0 Å². The molecule has 2 aromatic rings. The van der Waals surface area contributed by atoms with Gasteiger partial charge in [0.05, 0.1) is 0 Å². The molecule has 0 amide bonds. The first kappa shape index (κ1) is 16.2. The second kappa shape index (κ2) is 6.70. The van der Waals surface area contributed by atoms with Crippen LogP contribution in [0.15, 0.2) is 60.7 Å². The van der Waals surface area contributed by atoms with Crippen LogP contribution in [0.4, 0.5) is 0 Å². The summed E-state index contributed by atoms with van der Waals surface area (Å²) in [5.74, 6) is 0. The number of rotatable bonds is 3. The second-order valence-electron chi connectivity index (χ2n) is 3.88. The third kappa shape index (κ3) is 3.33.